The van der Waals surface area contributed by atoms with Crippen molar-refractivity contribution in [1.82, 2.24) is 10.2 Å². The maximum atomic E-state index is 12.5. The zero-order valence-electron chi connectivity index (χ0n) is 13.9. The van der Waals surface area contributed by atoms with E-state index in [0.29, 0.717) is 5.56 Å². The highest BCUT2D eigenvalue weighted by molar-refractivity contribution is 8.01. The maximum Gasteiger partial charge on any atom is 0.327 e. The van der Waals surface area contributed by atoms with Crippen LogP contribution in [0.1, 0.15) is 25.5 Å². The second-order valence-electron chi connectivity index (χ2n) is 6.58. The van der Waals surface area contributed by atoms with Gasteiger partial charge in [-0.1, -0.05) is 30.3 Å². The Balaban J connectivity index is 1.75. The Hall–Kier alpha value is -2.35. The molecule has 2 aliphatic rings. The zero-order chi connectivity index (χ0) is 18.4. The van der Waals surface area contributed by atoms with Crippen LogP contribution in [0.4, 0.5) is 0 Å². The largest absolute Gasteiger partial charge is 0.480 e. The summed E-state index contributed by atoms with van der Waals surface area (Å²) in [5.41, 5.74) is 0.682. The van der Waals surface area contributed by atoms with Gasteiger partial charge in [0.2, 0.25) is 11.8 Å². The van der Waals surface area contributed by atoms with Gasteiger partial charge in [0.1, 0.15) is 17.5 Å². The number of hydrogen-bond donors (Lipinski definition) is 2. The first-order valence-corrected chi connectivity index (χ1v) is 8.70. The number of carbonyl (C=O) groups excluding carboxylic acids is 2. The molecule has 1 aromatic carbocycles. The molecule has 0 saturated carbocycles. The fourth-order valence-electron chi connectivity index (χ4n) is 3.35. The van der Waals surface area contributed by atoms with Crippen LogP contribution in [0.3, 0.4) is 0 Å². The number of hydrogen-bond acceptors (Lipinski definition) is 5. The summed E-state index contributed by atoms with van der Waals surface area (Å²) in [5.74, 6) is -1.83. The predicted molar refractivity (Wildman–Crippen MR) is 94.4 cm³/mol. The van der Waals surface area contributed by atoms with E-state index in [1.54, 1.807) is 38.1 Å². The lowest BCUT2D eigenvalue weighted by Gasteiger charge is -2.43. The van der Waals surface area contributed by atoms with Crippen molar-refractivity contribution in [2.75, 3.05) is 0 Å². The number of aliphatic carboxylic acids is 1. The number of rotatable bonds is 5. The zero-order valence-corrected chi connectivity index (χ0v) is 14.7. The molecule has 7 nitrogen and oxygen atoms in total. The number of β-lactam (4-membered cyclic amide) rings is 1. The van der Waals surface area contributed by atoms with Crippen molar-refractivity contribution < 1.29 is 19.5 Å². The van der Waals surface area contributed by atoms with E-state index in [0.717, 1.165) is 0 Å². The molecule has 1 aromatic rings. The van der Waals surface area contributed by atoms with Gasteiger partial charge >= 0.3 is 5.97 Å². The quantitative estimate of drug-likeness (QED) is 0.603. The molecule has 0 unspecified atom stereocenters. The van der Waals surface area contributed by atoms with Crippen LogP contribution in [-0.2, 0) is 14.4 Å². The van der Waals surface area contributed by atoms with Gasteiger partial charge in [-0.05, 0) is 26.1 Å². The number of nitrogens with one attached hydrogen (secondary N) is 1. The summed E-state index contributed by atoms with van der Waals surface area (Å²) in [6.45, 7) is 7.05. The summed E-state index contributed by atoms with van der Waals surface area (Å²) >= 11 is 1.39. The first-order valence-electron chi connectivity index (χ1n) is 7.82. The summed E-state index contributed by atoms with van der Waals surface area (Å²) < 4.78 is -0.624. The van der Waals surface area contributed by atoms with Crippen LogP contribution in [0.15, 0.2) is 35.3 Å². The number of carbonyl (C=O) groups is 3. The third-order valence-electron chi connectivity index (χ3n) is 4.52. The van der Waals surface area contributed by atoms with Crippen LogP contribution in [0.5, 0.6) is 0 Å². The fraction of sp³-hybridized carbons (Fsp3) is 0.412. The lowest BCUT2D eigenvalue weighted by Crippen LogP contribution is -2.70. The summed E-state index contributed by atoms with van der Waals surface area (Å²) in [4.78, 5) is 41.7. The molecule has 2 aliphatic heterocycles. The van der Waals surface area contributed by atoms with Gasteiger partial charge in [0.15, 0.2) is 6.04 Å². The van der Waals surface area contributed by atoms with Gasteiger partial charge in [-0.2, -0.15) is 0 Å². The molecule has 132 valence electrons. The Kier molecular flexibility index (Phi) is 4.32. The Morgan fingerprint density at radius 2 is 2.00 bits per heavy atom. The Bertz CT molecular complexity index is 737. The molecule has 2 heterocycles. The SMILES string of the molecule is C=N[C@@H](C(=O)N[C@@H]1C(=O)N2[C@@H](C(=O)O)C(C)(C)S[C@@H]12)c1ccccc1. The normalized spacial score (nSPS) is 27.8. The minimum atomic E-state index is -1.03. The van der Waals surface area contributed by atoms with E-state index in [1.807, 2.05) is 6.07 Å². The second kappa shape index (κ2) is 6.18. The molecule has 0 radical (unpaired) electrons. The third kappa shape index (κ3) is 2.80. The number of carboxylic acids is 1. The van der Waals surface area contributed by atoms with Crippen molar-refractivity contribution in [2.24, 2.45) is 4.99 Å². The van der Waals surface area contributed by atoms with E-state index in [1.165, 1.54) is 16.7 Å². The Labute approximate surface area is 149 Å². The van der Waals surface area contributed by atoms with Crippen LogP contribution in [0, 0.1) is 0 Å². The van der Waals surface area contributed by atoms with Gasteiger partial charge in [-0.3, -0.25) is 14.6 Å². The monoisotopic (exact) mass is 361 g/mol. The second-order valence-corrected chi connectivity index (χ2v) is 8.35. The molecule has 4 atom stereocenters. The average Bonchev–Trinajstić information content (AvgIpc) is 2.82. The summed E-state index contributed by atoms with van der Waals surface area (Å²) in [5, 5.41) is 11.7. The number of carboxylic acid groups (broad SMARTS) is 1. The number of benzene rings is 1. The van der Waals surface area contributed by atoms with Crippen molar-refractivity contribution in [2.45, 2.75) is 42.1 Å². The van der Waals surface area contributed by atoms with Crippen LogP contribution in [-0.4, -0.2) is 56.7 Å². The molecule has 2 saturated heterocycles. The van der Waals surface area contributed by atoms with Crippen LogP contribution in [0.2, 0.25) is 0 Å². The number of aliphatic imine (C=N–C) groups is 1. The third-order valence-corrected chi connectivity index (χ3v) is 6.09. The minimum Gasteiger partial charge on any atom is -0.480 e. The van der Waals surface area contributed by atoms with Crippen LogP contribution in [0.25, 0.3) is 0 Å². The molecule has 2 N–H and O–H groups in total. The van der Waals surface area contributed by atoms with E-state index in [2.05, 4.69) is 17.0 Å². The van der Waals surface area contributed by atoms with E-state index >= 15 is 0 Å². The van der Waals surface area contributed by atoms with Crippen molar-refractivity contribution in [1.29, 1.82) is 0 Å². The summed E-state index contributed by atoms with van der Waals surface area (Å²) in [7, 11) is 0. The molecule has 2 amide bonds. The molecular formula is C17H19N3O4S. The van der Waals surface area contributed by atoms with Crippen molar-refractivity contribution >= 4 is 36.3 Å². The molecule has 25 heavy (non-hydrogen) atoms. The topological polar surface area (TPSA) is 99.1 Å². The standard InChI is InChI=1S/C17H19N3O4S/c1-17(2)12(16(23)24)20-14(22)11(15(20)25-17)19-13(21)10(18-3)9-7-5-4-6-8-9/h4-8,10-12,15H,3H2,1-2H3,(H,19,21)(H,23,24)/t10-,11-,12+,15+/m1/s1. The molecule has 0 spiro atoms. The maximum absolute atomic E-state index is 12.5. The number of nitrogens with zero attached hydrogens (tertiary/aromatic N) is 2. The Morgan fingerprint density at radius 1 is 1.36 bits per heavy atom. The smallest absolute Gasteiger partial charge is 0.327 e. The number of amides is 2. The van der Waals surface area contributed by atoms with Gasteiger partial charge in [0.05, 0.1) is 0 Å². The molecule has 0 bridgehead atoms. The molecular weight excluding hydrogens is 342 g/mol. The van der Waals surface area contributed by atoms with Crippen LogP contribution < -0.4 is 5.32 Å². The number of fused-ring (bicyclic) bond motifs is 1. The lowest BCUT2D eigenvalue weighted by molar-refractivity contribution is -0.161. The highest BCUT2D eigenvalue weighted by Gasteiger charge is 2.64. The highest BCUT2D eigenvalue weighted by atomic mass is 32.2. The Morgan fingerprint density at radius 3 is 2.56 bits per heavy atom. The highest BCUT2D eigenvalue weighted by Crippen LogP contribution is 2.50. The molecule has 2 fully saturated rings. The lowest BCUT2D eigenvalue weighted by atomic mass is 9.95. The van der Waals surface area contributed by atoms with E-state index < -0.39 is 34.7 Å². The average molecular weight is 361 g/mol. The predicted octanol–water partition coefficient (Wildman–Crippen LogP) is 1.06. The van der Waals surface area contributed by atoms with E-state index in [-0.39, 0.29) is 11.3 Å². The van der Waals surface area contributed by atoms with Gasteiger partial charge in [0.25, 0.3) is 0 Å². The summed E-state index contributed by atoms with van der Waals surface area (Å²) in [6, 6.07) is 6.51. The van der Waals surface area contributed by atoms with Crippen molar-refractivity contribution in [3.63, 3.8) is 0 Å². The van der Waals surface area contributed by atoms with Crippen molar-refractivity contribution in [3.8, 4) is 0 Å². The van der Waals surface area contributed by atoms with Gasteiger partial charge < -0.3 is 15.3 Å². The molecule has 8 heteroatoms. The molecule has 3 rings (SSSR count). The first-order chi connectivity index (χ1) is 11.8. The van der Waals surface area contributed by atoms with Gasteiger partial charge in [-0.15, -0.1) is 11.8 Å². The van der Waals surface area contributed by atoms with Gasteiger partial charge in [0, 0.05) is 4.75 Å². The minimum absolute atomic E-state index is 0.375. The fourth-order valence-corrected chi connectivity index (χ4v) is 4.98. The van der Waals surface area contributed by atoms with E-state index in [4.69, 9.17) is 0 Å². The van der Waals surface area contributed by atoms with Crippen LogP contribution >= 0.6 is 11.8 Å². The van der Waals surface area contributed by atoms with Gasteiger partial charge in [-0.25, -0.2) is 4.79 Å². The first kappa shape index (κ1) is 17.5. The number of thioether (sulfide) groups is 1. The molecule has 0 aromatic heterocycles. The van der Waals surface area contributed by atoms with E-state index in [9.17, 15) is 19.5 Å². The summed E-state index contributed by atoms with van der Waals surface area (Å²) in [6.07, 6.45) is 0. The van der Waals surface area contributed by atoms with Crippen molar-refractivity contribution in [3.05, 3.63) is 35.9 Å². The molecule has 0 aliphatic carbocycles.